The second-order valence-corrected chi connectivity index (χ2v) is 15.4. The number of piperidine rings is 1. The number of urea groups is 1. The number of pyridine rings is 1. The Labute approximate surface area is 345 Å². The van der Waals surface area contributed by atoms with Crippen LogP contribution in [0.15, 0.2) is 95.3 Å². The highest BCUT2D eigenvalue weighted by Crippen LogP contribution is 2.31. The lowest BCUT2D eigenvalue weighted by Crippen LogP contribution is -2.37. The molecule has 0 unspecified atom stereocenters. The van der Waals surface area contributed by atoms with Crippen molar-refractivity contribution in [3.8, 4) is 11.1 Å². The van der Waals surface area contributed by atoms with Crippen LogP contribution in [0.5, 0.6) is 0 Å². The number of amides is 3. The molecule has 1 saturated heterocycles. The van der Waals surface area contributed by atoms with Crippen LogP contribution in [0.2, 0.25) is 0 Å². The maximum Gasteiger partial charge on any atom is 0.321 e. The lowest BCUT2D eigenvalue weighted by molar-refractivity contribution is -0.107. The highest BCUT2D eigenvalue weighted by molar-refractivity contribution is 6.13. The highest BCUT2D eigenvalue weighted by atomic mass is 19.1. The van der Waals surface area contributed by atoms with E-state index in [2.05, 4.69) is 61.0 Å². The molecule has 0 spiro atoms. The first-order valence-corrected chi connectivity index (χ1v) is 19.8. The van der Waals surface area contributed by atoms with Gasteiger partial charge >= 0.3 is 17.8 Å². The number of nitrogens with one attached hydrogen (secondary N) is 3. The largest absolute Gasteiger partial charge is 0.383 e. The molecular formula is C45H54FN9O4. The molecule has 13 nitrogen and oxygen atoms in total. The third-order valence-electron chi connectivity index (χ3n) is 10.2. The summed E-state index contributed by atoms with van der Waals surface area (Å²) in [7, 11) is 1.58. The maximum absolute atomic E-state index is 15.2. The van der Waals surface area contributed by atoms with Crippen molar-refractivity contribution in [1.82, 2.24) is 35.6 Å². The van der Waals surface area contributed by atoms with Crippen LogP contribution in [0.1, 0.15) is 98.1 Å². The van der Waals surface area contributed by atoms with Crippen molar-refractivity contribution in [3.63, 3.8) is 0 Å². The number of carbonyl (C=O) groups excluding carboxylic acids is 3. The SMILES string of the molecule is C\C=C/C(=C\C=C\CCN1CCC(c2ccc(-c3cnc(N)c(C(=N)c4ccc(CNC(=O)c5nc(C(C)(C)C)no5)c(F)c4)c3)cc2)CC1)N(CCC=O)C(=O)NC. The Balaban J connectivity index is 1.14. The molecule has 5 N–H and O–H groups in total. The van der Waals surface area contributed by atoms with Gasteiger partial charge in [-0.25, -0.2) is 14.2 Å². The summed E-state index contributed by atoms with van der Waals surface area (Å²) in [5.74, 6) is -0.388. The van der Waals surface area contributed by atoms with Gasteiger partial charge in [-0.15, -0.1) is 0 Å². The predicted molar refractivity (Wildman–Crippen MR) is 227 cm³/mol. The normalized spacial score (nSPS) is 14.2. The monoisotopic (exact) mass is 803 g/mol. The van der Waals surface area contributed by atoms with E-state index in [-0.39, 0.29) is 42.0 Å². The van der Waals surface area contributed by atoms with Gasteiger partial charge in [0.25, 0.3) is 0 Å². The van der Waals surface area contributed by atoms with Crippen LogP contribution in [0.4, 0.5) is 15.0 Å². The number of nitrogen functional groups attached to an aromatic ring is 1. The zero-order chi connectivity index (χ0) is 42.5. The highest BCUT2D eigenvalue weighted by Gasteiger charge is 2.24. The molecule has 310 valence electrons. The Hall–Kier alpha value is -6.28. The Morgan fingerprint density at radius 1 is 1.08 bits per heavy atom. The molecule has 59 heavy (non-hydrogen) atoms. The first-order chi connectivity index (χ1) is 28.3. The number of halogens is 1. The van der Waals surface area contributed by atoms with Crippen LogP contribution in [-0.4, -0.2) is 82.1 Å². The Bertz CT molecular complexity index is 2200. The minimum atomic E-state index is -0.610. The van der Waals surface area contributed by atoms with E-state index in [1.807, 2.05) is 52.0 Å². The minimum absolute atomic E-state index is 0.0272. The number of aromatic nitrogens is 3. The van der Waals surface area contributed by atoms with Gasteiger partial charge in [0.15, 0.2) is 5.82 Å². The predicted octanol–water partition coefficient (Wildman–Crippen LogP) is 7.31. The van der Waals surface area contributed by atoms with Gasteiger partial charge in [0.05, 0.1) is 5.71 Å². The van der Waals surface area contributed by atoms with Crippen LogP contribution in [-0.2, 0) is 16.8 Å². The van der Waals surface area contributed by atoms with Gasteiger partial charge in [-0.3, -0.25) is 15.1 Å². The molecule has 0 bridgehead atoms. The van der Waals surface area contributed by atoms with E-state index in [9.17, 15) is 14.4 Å². The summed E-state index contributed by atoms with van der Waals surface area (Å²) in [5, 5.41) is 18.0. The number of hydrogen-bond acceptors (Lipinski definition) is 10. The number of aldehydes is 1. The molecule has 3 amide bonds. The molecule has 1 fully saturated rings. The van der Waals surface area contributed by atoms with E-state index in [4.69, 9.17) is 15.7 Å². The second-order valence-electron chi connectivity index (χ2n) is 15.4. The molecule has 14 heteroatoms. The third kappa shape index (κ3) is 11.7. The van der Waals surface area contributed by atoms with E-state index in [0.717, 1.165) is 62.0 Å². The lowest BCUT2D eigenvalue weighted by Gasteiger charge is -2.32. The van der Waals surface area contributed by atoms with Crippen molar-refractivity contribution in [2.75, 3.05) is 39.0 Å². The number of likely N-dealkylation sites (tertiary alicyclic amines) is 1. The lowest BCUT2D eigenvalue weighted by atomic mass is 9.88. The van der Waals surface area contributed by atoms with Gasteiger partial charge in [-0.1, -0.05) is 80.6 Å². The van der Waals surface area contributed by atoms with Gasteiger partial charge in [0, 0.05) is 72.7 Å². The number of benzene rings is 2. The molecule has 0 atom stereocenters. The summed E-state index contributed by atoms with van der Waals surface area (Å²) < 4.78 is 20.3. The Morgan fingerprint density at radius 2 is 1.83 bits per heavy atom. The zero-order valence-electron chi connectivity index (χ0n) is 34.4. The molecular weight excluding hydrogens is 750 g/mol. The van der Waals surface area contributed by atoms with E-state index >= 15 is 4.39 Å². The zero-order valence-corrected chi connectivity index (χ0v) is 34.4. The smallest absolute Gasteiger partial charge is 0.321 e. The molecule has 0 radical (unpaired) electrons. The molecule has 1 aliphatic rings. The van der Waals surface area contributed by atoms with E-state index in [1.54, 1.807) is 30.3 Å². The average Bonchev–Trinajstić information content (AvgIpc) is 3.75. The summed E-state index contributed by atoms with van der Waals surface area (Å²) in [6.07, 6.45) is 15.4. The number of carbonyl (C=O) groups is 3. The maximum atomic E-state index is 15.2. The van der Waals surface area contributed by atoms with Crippen LogP contribution >= 0.6 is 0 Å². The van der Waals surface area contributed by atoms with Crippen LogP contribution in [0, 0.1) is 11.2 Å². The number of nitrogens with two attached hydrogens (primary N) is 1. The number of allylic oxidation sites excluding steroid dienone is 4. The molecule has 4 aromatic rings. The first kappa shape index (κ1) is 43.8. The van der Waals surface area contributed by atoms with Crippen LogP contribution in [0.25, 0.3) is 11.1 Å². The average molecular weight is 804 g/mol. The second kappa shape index (κ2) is 20.4. The van der Waals surface area contributed by atoms with Crippen LogP contribution in [0.3, 0.4) is 0 Å². The van der Waals surface area contributed by atoms with Gasteiger partial charge in [0.1, 0.15) is 17.9 Å². The van der Waals surface area contributed by atoms with E-state index in [0.29, 0.717) is 29.4 Å². The fourth-order valence-electron chi connectivity index (χ4n) is 6.74. The summed E-state index contributed by atoms with van der Waals surface area (Å²) in [5.41, 5.74) is 10.5. The summed E-state index contributed by atoms with van der Waals surface area (Å²) in [6, 6.07) is 14.4. The van der Waals surface area contributed by atoms with Gasteiger partial charge in [-0.05, 0) is 80.6 Å². The molecule has 2 aromatic carbocycles. The molecule has 1 aliphatic heterocycles. The number of nitrogens with zero attached hydrogens (tertiary/aromatic N) is 5. The van der Waals surface area contributed by atoms with Crippen molar-refractivity contribution >= 4 is 29.8 Å². The van der Waals surface area contributed by atoms with E-state index < -0.39 is 17.1 Å². The summed E-state index contributed by atoms with van der Waals surface area (Å²) >= 11 is 0. The quantitative estimate of drug-likeness (QED) is 0.0513. The number of hydrogen-bond donors (Lipinski definition) is 4. The van der Waals surface area contributed by atoms with Crippen molar-refractivity contribution in [1.29, 1.82) is 5.41 Å². The van der Waals surface area contributed by atoms with Crippen molar-refractivity contribution in [2.24, 2.45) is 0 Å². The number of anilines is 1. The fraction of sp³-hybridized carbons (Fsp3) is 0.356. The molecule has 0 aliphatic carbocycles. The molecule has 3 heterocycles. The molecule has 2 aromatic heterocycles. The Morgan fingerprint density at radius 3 is 2.47 bits per heavy atom. The van der Waals surface area contributed by atoms with Crippen molar-refractivity contribution in [3.05, 3.63) is 131 Å². The third-order valence-corrected chi connectivity index (χ3v) is 10.2. The first-order valence-electron chi connectivity index (χ1n) is 19.8. The van der Waals surface area contributed by atoms with Gasteiger partial charge < -0.3 is 30.6 Å². The van der Waals surface area contributed by atoms with E-state index in [1.165, 1.54) is 17.7 Å². The standard InChI is InChI=1S/C45H54FN9O4/c1-6-11-36(55(22-10-25-56)44(58)49-5)12-8-7-9-21-54-23-19-32(20-24-54)30-13-15-31(16-14-30)35-26-37(40(48)50-29-35)39(47)33-17-18-34(38(46)27-33)28-51-41(57)42-52-43(53-59-42)45(2,3)4/h6-8,11-18,25-27,29,32,47H,9-10,19-24,28H2,1-5H3,(H2,48,50)(H,49,58)(H,51,57)/b8-7+,11-6-,36-12+,47-39?. The topological polar surface area (TPSA) is 183 Å². The summed E-state index contributed by atoms with van der Waals surface area (Å²) in [6.45, 7) is 10.7. The van der Waals surface area contributed by atoms with Crippen LogP contribution < -0.4 is 16.4 Å². The van der Waals surface area contributed by atoms with Crippen molar-refractivity contribution < 1.29 is 23.3 Å². The molecule has 0 saturated carbocycles. The van der Waals surface area contributed by atoms with Gasteiger partial charge in [-0.2, -0.15) is 4.98 Å². The Kier molecular flexibility index (Phi) is 15.2. The molecule has 5 rings (SSSR count). The number of rotatable bonds is 16. The fourth-order valence-corrected chi connectivity index (χ4v) is 6.74. The summed E-state index contributed by atoms with van der Waals surface area (Å²) in [4.78, 5) is 48.4. The minimum Gasteiger partial charge on any atom is -0.383 e. The van der Waals surface area contributed by atoms with Gasteiger partial charge in [0.2, 0.25) is 0 Å². The van der Waals surface area contributed by atoms with Crippen molar-refractivity contribution in [2.45, 2.75) is 71.3 Å².